The van der Waals surface area contributed by atoms with Crippen LogP contribution in [0.4, 0.5) is 5.69 Å². The van der Waals surface area contributed by atoms with Gasteiger partial charge in [-0.05, 0) is 99.6 Å². The Morgan fingerprint density at radius 2 is 1.70 bits per heavy atom. The van der Waals surface area contributed by atoms with Crippen molar-refractivity contribution in [3.63, 3.8) is 0 Å². The van der Waals surface area contributed by atoms with E-state index in [2.05, 4.69) is 27.4 Å². The molecule has 2 aliphatic heterocycles. The Morgan fingerprint density at radius 1 is 0.894 bits per heavy atom. The molecule has 1 saturated heterocycles. The van der Waals surface area contributed by atoms with Crippen LogP contribution in [0.2, 0.25) is 0 Å². The van der Waals surface area contributed by atoms with Gasteiger partial charge in [0.25, 0.3) is 0 Å². The highest BCUT2D eigenvalue weighted by Crippen LogP contribution is 2.36. The SMILES string of the molecule is O=C(Nc1cccc(-c2ncc(-c3ccc4nc(C5C=CCCN5C(=O)CC5CC5)[nH]c4c3)o2)c1)C1CCCCN1C(=O)CC1CC1. The zero-order valence-electron chi connectivity index (χ0n) is 26.5. The number of nitrogens with zero attached hydrogens (tertiary/aromatic N) is 4. The van der Waals surface area contributed by atoms with E-state index in [1.54, 1.807) is 11.1 Å². The summed E-state index contributed by atoms with van der Waals surface area (Å²) >= 11 is 0. The first kappa shape index (κ1) is 29.7. The molecule has 2 saturated carbocycles. The predicted molar refractivity (Wildman–Crippen MR) is 178 cm³/mol. The van der Waals surface area contributed by atoms with E-state index in [0.29, 0.717) is 61.5 Å². The van der Waals surface area contributed by atoms with Crippen LogP contribution in [0.5, 0.6) is 0 Å². The van der Waals surface area contributed by atoms with Crippen molar-refractivity contribution in [1.29, 1.82) is 0 Å². The van der Waals surface area contributed by atoms with Crippen LogP contribution < -0.4 is 5.32 Å². The molecule has 3 amide bonds. The molecule has 2 aromatic heterocycles. The number of H-pyrrole nitrogens is 1. The molecular weight excluding hydrogens is 592 g/mol. The topological polar surface area (TPSA) is 124 Å². The average Bonchev–Trinajstić information content (AvgIpc) is 4.00. The van der Waals surface area contributed by atoms with Crippen LogP contribution in [0.25, 0.3) is 33.8 Å². The zero-order chi connectivity index (χ0) is 31.9. The van der Waals surface area contributed by atoms with E-state index >= 15 is 0 Å². The molecule has 0 bridgehead atoms. The normalized spacial score (nSPS) is 21.3. The van der Waals surface area contributed by atoms with Gasteiger partial charge in [0.1, 0.15) is 17.9 Å². The van der Waals surface area contributed by atoms with E-state index in [4.69, 9.17) is 9.40 Å². The van der Waals surface area contributed by atoms with Crippen LogP contribution in [0.1, 0.15) is 76.1 Å². The van der Waals surface area contributed by atoms with Crippen LogP contribution in [-0.4, -0.2) is 61.6 Å². The molecule has 8 rings (SSSR count). The molecule has 2 atom stereocenters. The van der Waals surface area contributed by atoms with Crippen LogP contribution in [0, 0.1) is 11.8 Å². The fraction of sp³-hybridized carbons (Fsp3) is 0.432. The lowest BCUT2D eigenvalue weighted by atomic mass is 10.00. The van der Waals surface area contributed by atoms with E-state index in [0.717, 1.165) is 72.9 Å². The quantitative estimate of drug-likeness (QED) is 0.200. The van der Waals surface area contributed by atoms with Gasteiger partial charge in [0.05, 0.1) is 17.2 Å². The third-order valence-corrected chi connectivity index (χ3v) is 9.91. The maximum atomic E-state index is 13.4. The molecule has 10 nitrogen and oxygen atoms in total. The van der Waals surface area contributed by atoms with Gasteiger partial charge in [-0.15, -0.1) is 0 Å². The second kappa shape index (κ2) is 12.5. The minimum atomic E-state index is -0.439. The molecule has 2 aliphatic carbocycles. The predicted octanol–water partition coefficient (Wildman–Crippen LogP) is 6.63. The van der Waals surface area contributed by atoms with Crippen molar-refractivity contribution in [2.75, 3.05) is 18.4 Å². The van der Waals surface area contributed by atoms with Gasteiger partial charge >= 0.3 is 0 Å². The van der Waals surface area contributed by atoms with Crippen molar-refractivity contribution >= 4 is 34.4 Å². The van der Waals surface area contributed by atoms with E-state index in [1.165, 1.54) is 0 Å². The van der Waals surface area contributed by atoms with Crippen molar-refractivity contribution in [2.24, 2.45) is 11.8 Å². The largest absolute Gasteiger partial charge is 0.436 e. The number of carbonyl (C=O) groups excluding carboxylic acids is 3. The second-order valence-electron chi connectivity index (χ2n) is 13.6. The summed E-state index contributed by atoms with van der Waals surface area (Å²) in [4.78, 5) is 55.9. The third-order valence-electron chi connectivity index (χ3n) is 9.91. The number of rotatable bonds is 9. The van der Waals surface area contributed by atoms with E-state index < -0.39 is 6.04 Å². The number of aromatic nitrogens is 3. The highest BCUT2D eigenvalue weighted by molar-refractivity contribution is 5.97. The van der Waals surface area contributed by atoms with E-state index in [1.807, 2.05) is 47.4 Å². The van der Waals surface area contributed by atoms with Gasteiger partial charge in [0.2, 0.25) is 23.6 Å². The number of hydrogen-bond acceptors (Lipinski definition) is 6. The monoisotopic (exact) mass is 632 g/mol. The first-order chi connectivity index (χ1) is 23.0. The molecule has 4 aromatic rings. The van der Waals surface area contributed by atoms with E-state index in [-0.39, 0.29) is 23.8 Å². The minimum Gasteiger partial charge on any atom is -0.436 e. The maximum Gasteiger partial charge on any atom is 0.247 e. The summed E-state index contributed by atoms with van der Waals surface area (Å²) in [5.74, 6) is 3.01. The Balaban J connectivity index is 0.970. The summed E-state index contributed by atoms with van der Waals surface area (Å²) in [5.41, 5.74) is 3.92. The molecule has 4 aliphatic rings. The van der Waals surface area contributed by atoms with Crippen molar-refractivity contribution in [1.82, 2.24) is 24.8 Å². The molecule has 0 radical (unpaired) electrons. The molecular formula is C37H40N6O4. The summed E-state index contributed by atoms with van der Waals surface area (Å²) in [7, 11) is 0. The fourth-order valence-corrected chi connectivity index (χ4v) is 6.89. The second-order valence-corrected chi connectivity index (χ2v) is 13.6. The van der Waals surface area contributed by atoms with Gasteiger partial charge in [-0.3, -0.25) is 14.4 Å². The molecule has 47 heavy (non-hydrogen) atoms. The number of anilines is 1. The standard InChI is InChI=1S/C37H40N6O4/c44-33(18-23-10-11-23)42-16-3-1-8-30(42)35-40-28-15-14-25(21-29(28)41-35)32-22-38-37(47-32)26-6-5-7-27(20-26)39-36(46)31-9-2-4-17-43(31)34(45)19-24-12-13-24/h1,5-8,14-15,20-24,30-31H,2-4,9-13,16-19H2,(H,39,46)(H,40,41). The summed E-state index contributed by atoms with van der Waals surface area (Å²) in [6.07, 6.45) is 15.0. The van der Waals surface area contributed by atoms with E-state index in [9.17, 15) is 14.4 Å². The van der Waals surface area contributed by atoms with Gasteiger partial charge in [-0.2, -0.15) is 0 Å². The maximum absolute atomic E-state index is 13.4. The lowest BCUT2D eigenvalue weighted by Crippen LogP contribution is -2.50. The molecule has 4 heterocycles. The number of amides is 3. The number of piperidine rings is 1. The lowest BCUT2D eigenvalue weighted by Gasteiger charge is -2.35. The Morgan fingerprint density at radius 3 is 2.51 bits per heavy atom. The van der Waals surface area contributed by atoms with Crippen LogP contribution >= 0.6 is 0 Å². The number of benzene rings is 2. The number of nitrogens with one attached hydrogen (secondary N) is 2. The molecule has 2 unspecified atom stereocenters. The highest BCUT2D eigenvalue weighted by atomic mass is 16.4. The molecule has 3 fully saturated rings. The number of hydrogen-bond donors (Lipinski definition) is 2. The van der Waals surface area contributed by atoms with Crippen LogP contribution in [-0.2, 0) is 14.4 Å². The first-order valence-corrected chi connectivity index (χ1v) is 17.1. The van der Waals surface area contributed by atoms with Gasteiger partial charge < -0.3 is 24.5 Å². The Kier molecular flexibility index (Phi) is 7.87. The van der Waals surface area contributed by atoms with Gasteiger partial charge in [-0.25, -0.2) is 9.97 Å². The Hall–Kier alpha value is -4.73. The summed E-state index contributed by atoms with van der Waals surface area (Å²) < 4.78 is 6.21. The van der Waals surface area contributed by atoms with Crippen LogP contribution in [0.3, 0.4) is 0 Å². The summed E-state index contributed by atoms with van der Waals surface area (Å²) in [5, 5.41) is 3.04. The first-order valence-electron chi connectivity index (χ1n) is 17.1. The van der Waals surface area contributed by atoms with Crippen molar-refractivity contribution in [2.45, 2.75) is 76.3 Å². The molecule has 2 aromatic carbocycles. The molecule has 2 N–H and O–H groups in total. The van der Waals surface area contributed by atoms with Crippen molar-refractivity contribution in [3.05, 3.63) is 66.6 Å². The van der Waals surface area contributed by atoms with Gasteiger partial charge in [0.15, 0.2) is 5.76 Å². The average molecular weight is 633 g/mol. The number of oxazole rings is 1. The Bertz CT molecular complexity index is 1850. The highest BCUT2D eigenvalue weighted by Gasteiger charge is 2.35. The van der Waals surface area contributed by atoms with Crippen LogP contribution in [0.15, 0.2) is 65.2 Å². The molecule has 0 spiro atoms. The fourth-order valence-electron chi connectivity index (χ4n) is 6.89. The number of carbonyl (C=O) groups is 3. The zero-order valence-corrected chi connectivity index (χ0v) is 26.5. The van der Waals surface area contributed by atoms with Crippen molar-refractivity contribution < 1.29 is 18.8 Å². The minimum absolute atomic E-state index is 0.102. The molecule has 242 valence electrons. The summed E-state index contributed by atoms with van der Waals surface area (Å²) in [6, 6.07) is 12.7. The number of aromatic amines is 1. The number of likely N-dealkylation sites (tertiary alicyclic amines) is 1. The Labute approximate surface area is 273 Å². The summed E-state index contributed by atoms with van der Waals surface area (Å²) in [6.45, 7) is 1.35. The number of imidazole rings is 1. The van der Waals surface area contributed by atoms with Gasteiger partial charge in [0, 0.05) is 42.7 Å². The van der Waals surface area contributed by atoms with Crippen molar-refractivity contribution in [3.8, 4) is 22.8 Å². The number of fused-ring (bicyclic) bond motifs is 1. The molecule has 10 heteroatoms. The third kappa shape index (κ3) is 6.46. The lowest BCUT2D eigenvalue weighted by molar-refractivity contribution is -0.140. The van der Waals surface area contributed by atoms with Gasteiger partial charge in [-0.1, -0.05) is 18.2 Å². The smallest absolute Gasteiger partial charge is 0.247 e.